The summed E-state index contributed by atoms with van der Waals surface area (Å²) >= 11 is 0. The lowest BCUT2D eigenvalue weighted by atomic mass is 10.2. The number of rotatable bonds is 5. The highest BCUT2D eigenvalue weighted by Crippen LogP contribution is 2.07. The second-order valence-electron chi connectivity index (χ2n) is 3.72. The molecule has 1 aromatic carbocycles. The lowest BCUT2D eigenvalue weighted by Crippen LogP contribution is -2.33. The lowest BCUT2D eigenvalue weighted by Gasteiger charge is -2.06. The second kappa shape index (κ2) is 6.90. The maximum absolute atomic E-state index is 11.7. The highest BCUT2D eigenvalue weighted by atomic mass is 32.2. The molecule has 0 bridgehead atoms. The minimum absolute atomic E-state index is 0.126. The molecule has 0 aliphatic carbocycles. The smallest absolute Gasteiger partial charge is 0.251 e. The third-order valence-corrected chi connectivity index (χ3v) is 3.17. The van der Waals surface area contributed by atoms with Gasteiger partial charge in [-0.3, -0.25) is 13.8 Å². The summed E-state index contributed by atoms with van der Waals surface area (Å²) in [7, 11) is -1.04. The van der Waals surface area contributed by atoms with E-state index in [9.17, 15) is 13.8 Å². The van der Waals surface area contributed by atoms with Gasteiger partial charge in [0.1, 0.15) is 0 Å². The van der Waals surface area contributed by atoms with Gasteiger partial charge in [0.05, 0.1) is 0 Å². The van der Waals surface area contributed by atoms with E-state index in [0.717, 1.165) is 0 Å². The molecular weight excluding hydrogens is 252 g/mol. The number of benzene rings is 1. The van der Waals surface area contributed by atoms with Gasteiger partial charge in [0.2, 0.25) is 5.91 Å². The maximum atomic E-state index is 11.7. The van der Waals surface area contributed by atoms with Crippen molar-refractivity contribution in [3.63, 3.8) is 0 Å². The van der Waals surface area contributed by atoms with E-state index in [1.807, 2.05) is 0 Å². The van der Waals surface area contributed by atoms with Crippen molar-refractivity contribution in [3.8, 4) is 0 Å². The monoisotopic (exact) mass is 268 g/mol. The molecule has 0 spiro atoms. The van der Waals surface area contributed by atoms with Gasteiger partial charge in [-0.1, -0.05) is 0 Å². The van der Waals surface area contributed by atoms with Crippen molar-refractivity contribution in [3.05, 3.63) is 29.8 Å². The van der Waals surface area contributed by atoms with Crippen LogP contribution in [0.25, 0.3) is 0 Å². The van der Waals surface area contributed by atoms with Crippen LogP contribution in [0.3, 0.4) is 0 Å². The Labute approximate surface area is 108 Å². The summed E-state index contributed by atoms with van der Waals surface area (Å²) in [6, 6.07) is 6.59. The fraction of sp³-hybridized carbons (Fsp3) is 0.333. The van der Waals surface area contributed by atoms with Crippen LogP contribution in [0.15, 0.2) is 29.2 Å². The molecular formula is C12H16N2O3S. The Balaban J connectivity index is 2.46. The molecule has 1 aromatic rings. The molecule has 0 radical (unpaired) electrons. The molecule has 0 saturated heterocycles. The topological polar surface area (TPSA) is 75.3 Å². The van der Waals surface area contributed by atoms with Crippen LogP contribution in [0, 0.1) is 0 Å². The number of amides is 2. The van der Waals surface area contributed by atoms with E-state index in [2.05, 4.69) is 10.6 Å². The maximum Gasteiger partial charge on any atom is 0.251 e. The van der Waals surface area contributed by atoms with Gasteiger partial charge in [-0.05, 0) is 24.3 Å². The molecule has 98 valence electrons. The van der Waals surface area contributed by atoms with Gasteiger partial charge in [-0.15, -0.1) is 0 Å². The Kier molecular flexibility index (Phi) is 5.51. The van der Waals surface area contributed by atoms with Gasteiger partial charge in [0, 0.05) is 47.5 Å². The minimum Gasteiger partial charge on any atom is -0.355 e. The summed E-state index contributed by atoms with van der Waals surface area (Å²) in [6.07, 6.45) is 1.59. The van der Waals surface area contributed by atoms with Crippen molar-refractivity contribution in [2.24, 2.45) is 0 Å². The molecule has 2 N–H and O–H groups in total. The lowest BCUT2D eigenvalue weighted by molar-refractivity contribution is -0.118. The van der Waals surface area contributed by atoms with Gasteiger partial charge >= 0.3 is 0 Å². The Hall–Kier alpha value is -1.69. The standard InChI is InChI=1S/C12H16N2O3S/c1-9(15)13-7-8-14-12(16)10-3-5-11(6-4-10)18(2)17/h3-6H,7-8H2,1-2H3,(H,13,15)(H,14,16)/t18-/m0/s1. The Morgan fingerprint density at radius 1 is 1.11 bits per heavy atom. The Bertz CT molecular complexity index is 457. The van der Waals surface area contributed by atoms with Gasteiger partial charge < -0.3 is 10.6 Å². The van der Waals surface area contributed by atoms with Crippen LogP contribution in [-0.2, 0) is 15.6 Å². The van der Waals surface area contributed by atoms with Gasteiger partial charge in [-0.25, -0.2) is 0 Å². The van der Waals surface area contributed by atoms with Crippen molar-refractivity contribution in [2.45, 2.75) is 11.8 Å². The summed E-state index contributed by atoms with van der Waals surface area (Å²) in [5.41, 5.74) is 0.507. The average molecular weight is 268 g/mol. The molecule has 0 aromatic heterocycles. The number of carbonyl (C=O) groups excluding carboxylic acids is 2. The van der Waals surface area contributed by atoms with E-state index in [-0.39, 0.29) is 11.8 Å². The largest absolute Gasteiger partial charge is 0.355 e. The van der Waals surface area contributed by atoms with Crippen molar-refractivity contribution >= 4 is 22.6 Å². The first-order valence-electron chi connectivity index (χ1n) is 5.47. The van der Waals surface area contributed by atoms with Crippen LogP contribution in [0.5, 0.6) is 0 Å². The van der Waals surface area contributed by atoms with Crippen LogP contribution in [-0.4, -0.2) is 35.4 Å². The van der Waals surface area contributed by atoms with Gasteiger partial charge in [0.15, 0.2) is 0 Å². The minimum atomic E-state index is -1.04. The molecule has 2 amide bonds. The highest BCUT2D eigenvalue weighted by Gasteiger charge is 2.05. The van der Waals surface area contributed by atoms with E-state index < -0.39 is 10.8 Å². The summed E-state index contributed by atoms with van der Waals surface area (Å²) < 4.78 is 11.2. The normalized spacial score (nSPS) is 11.7. The summed E-state index contributed by atoms with van der Waals surface area (Å²) in [5.74, 6) is -0.340. The second-order valence-corrected chi connectivity index (χ2v) is 5.10. The first-order valence-corrected chi connectivity index (χ1v) is 7.02. The van der Waals surface area contributed by atoms with Gasteiger partial charge in [0.25, 0.3) is 5.91 Å². The fourth-order valence-corrected chi connectivity index (χ4v) is 1.83. The zero-order chi connectivity index (χ0) is 13.5. The molecule has 18 heavy (non-hydrogen) atoms. The number of hydrogen-bond donors (Lipinski definition) is 2. The number of hydrogen-bond acceptors (Lipinski definition) is 3. The first-order chi connectivity index (χ1) is 8.50. The predicted molar refractivity (Wildman–Crippen MR) is 69.8 cm³/mol. The fourth-order valence-electron chi connectivity index (χ4n) is 1.31. The Morgan fingerprint density at radius 2 is 1.67 bits per heavy atom. The molecule has 0 saturated carbocycles. The van der Waals surface area contributed by atoms with Crippen molar-refractivity contribution < 1.29 is 13.8 Å². The predicted octanol–water partition coefficient (Wildman–Crippen LogP) is 0.290. The zero-order valence-corrected chi connectivity index (χ0v) is 11.2. The molecule has 1 atom stereocenters. The van der Waals surface area contributed by atoms with E-state index in [4.69, 9.17) is 0 Å². The van der Waals surface area contributed by atoms with Crippen LogP contribution < -0.4 is 10.6 Å². The van der Waals surface area contributed by atoms with Crippen molar-refractivity contribution in [1.82, 2.24) is 10.6 Å². The number of nitrogens with one attached hydrogen (secondary N) is 2. The molecule has 0 unspecified atom stereocenters. The zero-order valence-electron chi connectivity index (χ0n) is 10.4. The first kappa shape index (κ1) is 14.4. The van der Waals surface area contributed by atoms with Crippen LogP contribution in [0.4, 0.5) is 0 Å². The van der Waals surface area contributed by atoms with Crippen LogP contribution in [0.2, 0.25) is 0 Å². The Morgan fingerprint density at radius 3 is 2.17 bits per heavy atom. The summed E-state index contributed by atoms with van der Waals surface area (Å²) in [5, 5.41) is 5.26. The number of carbonyl (C=O) groups is 2. The third-order valence-electron chi connectivity index (χ3n) is 2.23. The van der Waals surface area contributed by atoms with E-state index in [0.29, 0.717) is 23.5 Å². The molecule has 0 heterocycles. The molecule has 0 aliphatic rings. The van der Waals surface area contributed by atoms with Crippen LogP contribution in [0.1, 0.15) is 17.3 Å². The SMILES string of the molecule is CC(=O)NCCNC(=O)c1ccc([S@](C)=O)cc1. The van der Waals surface area contributed by atoms with Crippen molar-refractivity contribution in [2.75, 3.05) is 19.3 Å². The quantitative estimate of drug-likeness (QED) is 0.754. The average Bonchev–Trinajstić information content (AvgIpc) is 2.34. The van der Waals surface area contributed by atoms with E-state index in [1.165, 1.54) is 6.92 Å². The van der Waals surface area contributed by atoms with Crippen molar-refractivity contribution in [1.29, 1.82) is 0 Å². The summed E-state index contributed by atoms with van der Waals surface area (Å²) in [6.45, 7) is 2.20. The van der Waals surface area contributed by atoms with E-state index in [1.54, 1.807) is 30.5 Å². The molecule has 0 aliphatic heterocycles. The molecule has 0 fully saturated rings. The molecule has 1 rings (SSSR count). The highest BCUT2D eigenvalue weighted by molar-refractivity contribution is 7.84. The van der Waals surface area contributed by atoms with Crippen LogP contribution >= 0.6 is 0 Å². The third kappa shape index (κ3) is 4.67. The molecule has 5 nitrogen and oxygen atoms in total. The summed E-state index contributed by atoms with van der Waals surface area (Å²) in [4.78, 5) is 23.0. The molecule has 6 heteroatoms. The van der Waals surface area contributed by atoms with E-state index >= 15 is 0 Å². The van der Waals surface area contributed by atoms with Gasteiger partial charge in [-0.2, -0.15) is 0 Å².